The zero-order valence-corrected chi connectivity index (χ0v) is 6.43. The minimum Gasteiger partial charge on any atom is -0.299 e. The highest BCUT2D eigenvalue weighted by Crippen LogP contribution is 2.15. The average Bonchev–Trinajstić information content (AvgIpc) is 1.90. The molecule has 1 aliphatic rings. The average molecular weight is 126 g/mol. The molecule has 0 atom stereocenters. The van der Waals surface area contributed by atoms with Crippen LogP contribution < -0.4 is 0 Å². The van der Waals surface area contributed by atoms with Crippen LogP contribution in [-0.4, -0.2) is 18.0 Å². The Morgan fingerprint density at radius 1 is 1.33 bits per heavy atom. The minimum atomic E-state index is 0.959. The monoisotopic (exact) mass is 126 g/mol. The maximum Gasteiger partial charge on any atom is 0.0220 e. The van der Waals surface area contributed by atoms with Crippen LogP contribution in [0, 0.1) is 12.5 Å². The molecule has 0 aromatic rings. The van der Waals surface area contributed by atoms with Crippen molar-refractivity contribution in [2.24, 2.45) is 5.92 Å². The Morgan fingerprint density at radius 3 is 2.33 bits per heavy atom. The summed E-state index contributed by atoms with van der Waals surface area (Å²) in [5, 5.41) is 0. The summed E-state index contributed by atoms with van der Waals surface area (Å²) in [6, 6.07) is 0. The van der Waals surface area contributed by atoms with Crippen molar-refractivity contribution < 1.29 is 0 Å². The molecule has 0 amide bonds. The van der Waals surface area contributed by atoms with E-state index < -0.39 is 0 Å². The summed E-state index contributed by atoms with van der Waals surface area (Å²) < 4.78 is 0. The summed E-state index contributed by atoms with van der Waals surface area (Å²) in [5.74, 6) is 0.959. The topological polar surface area (TPSA) is 3.24 Å². The third kappa shape index (κ3) is 1.98. The fraction of sp³-hybridized carbons (Fsp3) is 0.875. The van der Waals surface area contributed by atoms with Gasteiger partial charge in [0, 0.05) is 6.54 Å². The van der Waals surface area contributed by atoms with Crippen LogP contribution in [0.5, 0.6) is 0 Å². The van der Waals surface area contributed by atoms with Crippen molar-refractivity contribution in [1.29, 1.82) is 0 Å². The molecule has 0 aromatic carbocycles. The molecule has 0 aromatic heterocycles. The van der Waals surface area contributed by atoms with E-state index >= 15 is 0 Å². The molecule has 0 saturated carbocycles. The Kier molecular flexibility index (Phi) is 2.52. The van der Waals surface area contributed by atoms with Crippen molar-refractivity contribution in [2.75, 3.05) is 13.1 Å². The van der Waals surface area contributed by atoms with Crippen LogP contribution in [0.3, 0.4) is 0 Å². The van der Waals surface area contributed by atoms with Gasteiger partial charge in [-0.25, -0.2) is 0 Å². The molecule has 1 saturated heterocycles. The van der Waals surface area contributed by atoms with Gasteiger partial charge >= 0.3 is 0 Å². The van der Waals surface area contributed by atoms with Gasteiger partial charge in [0.15, 0.2) is 0 Å². The second kappa shape index (κ2) is 3.21. The van der Waals surface area contributed by atoms with E-state index in [0.717, 1.165) is 5.92 Å². The Balaban J connectivity index is 2.18. The van der Waals surface area contributed by atoms with Crippen molar-refractivity contribution in [3.63, 3.8) is 0 Å². The summed E-state index contributed by atoms with van der Waals surface area (Å²) in [7, 11) is 0. The lowest BCUT2D eigenvalue weighted by molar-refractivity contribution is 0.233. The highest BCUT2D eigenvalue weighted by atomic mass is 15.1. The number of hydrogen-bond acceptors (Lipinski definition) is 1. The first-order valence-electron chi connectivity index (χ1n) is 3.86. The summed E-state index contributed by atoms with van der Waals surface area (Å²) in [6.07, 6.45) is 2.76. The molecule has 0 unspecified atom stereocenters. The zero-order chi connectivity index (χ0) is 6.69. The van der Waals surface area contributed by atoms with Gasteiger partial charge < -0.3 is 0 Å². The van der Waals surface area contributed by atoms with Crippen LogP contribution in [0.15, 0.2) is 0 Å². The molecule has 1 heterocycles. The van der Waals surface area contributed by atoms with E-state index in [-0.39, 0.29) is 0 Å². The molecule has 1 aliphatic heterocycles. The normalized spacial score (nSPS) is 24.7. The second-order valence-corrected chi connectivity index (χ2v) is 2.98. The number of likely N-dealkylation sites (tertiary alicyclic amines) is 1. The van der Waals surface area contributed by atoms with Gasteiger partial charge in [-0.2, -0.15) is 0 Å². The Bertz CT molecular complexity index is 72.6. The molecule has 53 valence electrons. The summed E-state index contributed by atoms with van der Waals surface area (Å²) >= 11 is 0. The van der Waals surface area contributed by atoms with Crippen LogP contribution in [0.25, 0.3) is 0 Å². The van der Waals surface area contributed by atoms with Crippen LogP contribution >= 0.6 is 0 Å². The van der Waals surface area contributed by atoms with E-state index in [1.54, 1.807) is 0 Å². The number of piperidine rings is 1. The third-order valence-corrected chi connectivity index (χ3v) is 2.18. The van der Waals surface area contributed by atoms with Gasteiger partial charge in [0.2, 0.25) is 0 Å². The van der Waals surface area contributed by atoms with Crippen molar-refractivity contribution in [3.05, 3.63) is 6.54 Å². The van der Waals surface area contributed by atoms with Crippen molar-refractivity contribution in [2.45, 2.75) is 26.7 Å². The number of rotatable bonds is 1. The fourth-order valence-electron chi connectivity index (χ4n) is 1.29. The van der Waals surface area contributed by atoms with E-state index in [4.69, 9.17) is 0 Å². The molecule has 1 fully saturated rings. The molecular formula is C8H16N. The van der Waals surface area contributed by atoms with Gasteiger partial charge in [0.1, 0.15) is 0 Å². The highest BCUT2D eigenvalue weighted by molar-refractivity contribution is 4.72. The van der Waals surface area contributed by atoms with E-state index in [1.807, 2.05) is 0 Å². The molecule has 9 heavy (non-hydrogen) atoms. The Hall–Kier alpha value is -0.0400. The molecule has 0 N–H and O–H groups in total. The summed E-state index contributed by atoms with van der Waals surface area (Å²) in [4.78, 5) is 2.40. The first kappa shape index (κ1) is 7.07. The lowest BCUT2D eigenvalue weighted by atomic mass is 9.99. The van der Waals surface area contributed by atoms with E-state index in [9.17, 15) is 0 Å². The first-order chi connectivity index (χ1) is 4.33. The Labute approximate surface area is 58.0 Å². The molecule has 0 bridgehead atoms. The quantitative estimate of drug-likeness (QED) is 0.518. The van der Waals surface area contributed by atoms with Crippen molar-refractivity contribution in [3.8, 4) is 0 Å². The maximum atomic E-state index is 2.40. The van der Waals surface area contributed by atoms with Crippen molar-refractivity contribution >= 4 is 0 Å². The molecular weight excluding hydrogens is 110 g/mol. The van der Waals surface area contributed by atoms with E-state index in [0.29, 0.717) is 0 Å². The second-order valence-electron chi connectivity index (χ2n) is 2.98. The molecule has 0 aliphatic carbocycles. The third-order valence-electron chi connectivity index (χ3n) is 2.18. The first-order valence-corrected chi connectivity index (χ1v) is 3.86. The standard InChI is InChI=1S/C8H16N/c1-3-9-6-4-8(2)5-7-9/h3,8H,4-7H2,1-2H3. The van der Waals surface area contributed by atoms with Gasteiger partial charge in [0.25, 0.3) is 0 Å². The van der Waals surface area contributed by atoms with Crippen LogP contribution in [-0.2, 0) is 0 Å². The SMILES string of the molecule is C[CH]N1CCC(C)CC1. The summed E-state index contributed by atoms with van der Waals surface area (Å²) in [6.45, 7) is 9.21. The maximum absolute atomic E-state index is 2.40. The number of nitrogens with zero attached hydrogens (tertiary/aromatic N) is 1. The van der Waals surface area contributed by atoms with Gasteiger partial charge in [-0.3, -0.25) is 4.90 Å². The lowest BCUT2D eigenvalue weighted by Gasteiger charge is -2.28. The predicted molar refractivity (Wildman–Crippen MR) is 39.9 cm³/mol. The van der Waals surface area contributed by atoms with Crippen molar-refractivity contribution in [1.82, 2.24) is 4.90 Å². The van der Waals surface area contributed by atoms with Crippen LogP contribution in [0.1, 0.15) is 26.7 Å². The zero-order valence-electron chi connectivity index (χ0n) is 6.43. The smallest absolute Gasteiger partial charge is 0.0220 e. The highest BCUT2D eigenvalue weighted by Gasteiger charge is 2.13. The van der Waals surface area contributed by atoms with E-state index in [1.165, 1.54) is 25.9 Å². The molecule has 0 spiro atoms. The lowest BCUT2D eigenvalue weighted by Crippen LogP contribution is -2.29. The molecule has 1 heteroatoms. The van der Waals surface area contributed by atoms with E-state index in [2.05, 4.69) is 25.3 Å². The predicted octanol–water partition coefficient (Wildman–Crippen LogP) is 1.90. The van der Waals surface area contributed by atoms with Gasteiger partial charge in [0.05, 0.1) is 0 Å². The largest absolute Gasteiger partial charge is 0.299 e. The minimum absolute atomic E-state index is 0.959. The van der Waals surface area contributed by atoms with Gasteiger partial charge in [-0.1, -0.05) is 6.92 Å². The molecule has 1 radical (unpaired) electrons. The summed E-state index contributed by atoms with van der Waals surface area (Å²) in [5.41, 5.74) is 0. The van der Waals surface area contributed by atoms with Gasteiger partial charge in [-0.05, 0) is 38.8 Å². The number of hydrogen-bond donors (Lipinski definition) is 0. The molecule has 1 nitrogen and oxygen atoms in total. The molecule has 1 rings (SSSR count). The fourth-order valence-corrected chi connectivity index (χ4v) is 1.29. The van der Waals surface area contributed by atoms with Crippen LogP contribution in [0.2, 0.25) is 0 Å². The van der Waals surface area contributed by atoms with Crippen LogP contribution in [0.4, 0.5) is 0 Å². The van der Waals surface area contributed by atoms with Gasteiger partial charge in [-0.15, -0.1) is 0 Å². The Morgan fingerprint density at radius 2 is 1.89 bits per heavy atom.